The molecule has 0 spiro atoms. The van der Waals surface area contributed by atoms with E-state index < -0.39 is 0 Å². The van der Waals surface area contributed by atoms with E-state index in [-0.39, 0.29) is 6.10 Å². The Bertz CT molecular complexity index is 577. The van der Waals surface area contributed by atoms with Gasteiger partial charge in [0.15, 0.2) is 0 Å². The molecule has 2 N–H and O–H groups in total. The van der Waals surface area contributed by atoms with Gasteiger partial charge in [-0.1, -0.05) is 18.2 Å². The molecule has 4 nitrogen and oxygen atoms in total. The number of nitrogens with zero attached hydrogens (tertiary/aromatic N) is 1. The second-order valence-corrected chi connectivity index (χ2v) is 4.99. The smallest absolute Gasteiger partial charge is 0.122 e. The van der Waals surface area contributed by atoms with Crippen LogP contribution in [-0.4, -0.2) is 28.3 Å². The van der Waals surface area contributed by atoms with Gasteiger partial charge in [-0.3, -0.25) is 0 Å². The summed E-state index contributed by atoms with van der Waals surface area (Å²) in [5.74, 6) is 1.83. The molecular weight excluding hydrogens is 240 g/mol. The Morgan fingerprint density at radius 3 is 3.11 bits per heavy atom. The van der Waals surface area contributed by atoms with Gasteiger partial charge in [-0.05, 0) is 18.9 Å². The van der Waals surface area contributed by atoms with E-state index in [4.69, 9.17) is 4.74 Å². The number of H-pyrrole nitrogens is 1. The molecule has 0 aliphatic heterocycles. The highest BCUT2D eigenvalue weighted by Gasteiger charge is 2.20. The fraction of sp³-hybridized carbons (Fsp3) is 0.400. The molecule has 100 valence electrons. The number of aliphatic hydroxyl groups is 1. The zero-order valence-corrected chi connectivity index (χ0v) is 11.0. The van der Waals surface area contributed by atoms with E-state index in [1.807, 2.05) is 18.2 Å². The van der Waals surface area contributed by atoms with Gasteiger partial charge in [-0.25, -0.2) is 4.98 Å². The summed E-state index contributed by atoms with van der Waals surface area (Å²) in [5, 5.41) is 9.67. The van der Waals surface area contributed by atoms with E-state index in [1.165, 1.54) is 0 Å². The van der Waals surface area contributed by atoms with E-state index in [1.54, 1.807) is 7.11 Å². The highest BCUT2D eigenvalue weighted by Crippen LogP contribution is 2.23. The number of methoxy groups -OCH3 is 1. The third kappa shape index (κ3) is 2.49. The maximum Gasteiger partial charge on any atom is 0.122 e. The quantitative estimate of drug-likeness (QED) is 0.883. The van der Waals surface area contributed by atoms with Gasteiger partial charge in [-0.2, -0.15) is 0 Å². The van der Waals surface area contributed by atoms with Gasteiger partial charge in [0.2, 0.25) is 0 Å². The number of aliphatic hydroxyl groups excluding tert-OH is 1. The fourth-order valence-electron chi connectivity index (χ4n) is 2.63. The van der Waals surface area contributed by atoms with Crippen LogP contribution < -0.4 is 4.74 Å². The molecule has 0 amide bonds. The minimum atomic E-state index is -0.230. The highest BCUT2D eigenvalue weighted by molar-refractivity contribution is 5.36. The van der Waals surface area contributed by atoms with Crippen LogP contribution in [0.1, 0.15) is 29.2 Å². The maximum atomic E-state index is 9.67. The SMILES string of the molecule is COc1ccccc1Cc1nc2c([nH]1)CC(O)CC2. The van der Waals surface area contributed by atoms with Gasteiger partial charge in [0.1, 0.15) is 11.6 Å². The number of aromatic amines is 1. The van der Waals surface area contributed by atoms with Crippen molar-refractivity contribution in [2.75, 3.05) is 7.11 Å². The predicted octanol–water partition coefficient (Wildman–Crippen LogP) is 1.86. The summed E-state index contributed by atoms with van der Waals surface area (Å²) in [7, 11) is 1.68. The van der Waals surface area contributed by atoms with Crippen LogP contribution >= 0.6 is 0 Å². The van der Waals surface area contributed by atoms with Crippen LogP contribution in [0.4, 0.5) is 0 Å². The number of para-hydroxylation sites is 1. The monoisotopic (exact) mass is 258 g/mol. The summed E-state index contributed by atoms with van der Waals surface area (Å²) in [4.78, 5) is 7.97. The molecular formula is C15H18N2O2. The lowest BCUT2D eigenvalue weighted by molar-refractivity contribution is 0.157. The van der Waals surface area contributed by atoms with Crippen LogP contribution in [-0.2, 0) is 19.3 Å². The number of nitrogens with one attached hydrogen (secondary N) is 1. The third-order valence-corrected chi connectivity index (χ3v) is 3.62. The zero-order valence-electron chi connectivity index (χ0n) is 11.0. The predicted molar refractivity (Wildman–Crippen MR) is 72.4 cm³/mol. The molecule has 1 aliphatic rings. The normalized spacial score (nSPS) is 18.1. The summed E-state index contributed by atoms with van der Waals surface area (Å²) >= 11 is 0. The van der Waals surface area contributed by atoms with Crippen LogP contribution in [0.2, 0.25) is 0 Å². The first-order valence-corrected chi connectivity index (χ1v) is 6.63. The molecule has 0 fully saturated rings. The Morgan fingerprint density at radius 2 is 2.26 bits per heavy atom. The van der Waals surface area contributed by atoms with Crippen LogP contribution in [0, 0.1) is 0 Å². The topological polar surface area (TPSA) is 58.1 Å². The van der Waals surface area contributed by atoms with E-state index in [0.717, 1.165) is 47.8 Å². The van der Waals surface area contributed by atoms with Crippen molar-refractivity contribution in [3.05, 3.63) is 47.0 Å². The van der Waals surface area contributed by atoms with E-state index in [2.05, 4.69) is 16.0 Å². The summed E-state index contributed by atoms with van der Waals surface area (Å²) < 4.78 is 5.35. The lowest BCUT2D eigenvalue weighted by atomic mass is 9.99. The van der Waals surface area contributed by atoms with E-state index in [9.17, 15) is 5.11 Å². The molecule has 3 rings (SSSR count). The van der Waals surface area contributed by atoms with Crippen LogP contribution in [0.5, 0.6) is 5.75 Å². The zero-order chi connectivity index (χ0) is 13.2. The van der Waals surface area contributed by atoms with Crippen molar-refractivity contribution in [1.82, 2.24) is 9.97 Å². The van der Waals surface area contributed by atoms with Crippen molar-refractivity contribution in [3.8, 4) is 5.75 Å². The van der Waals surface area contributed by atoms with Crippen molar-refractivity contribution in [3.63, 3.8) is 0 Å². The summed E-state index contributed by atoms with van der Waals surface area (Å²) in [6, 6.07) is 7.98. The number of hydrogen-bond donors (Lipinski definition) is 2. The third-order valence-electron chi connectivity index (χ3n) is 3.62. The van der Waals surface area contributed by atoms with Crippen molar-refractivity contribution in [2.45, 2.75) is 31.8 Å². The molecule has 1 unspecified atom stereocenters. The van der Waals surface area contributed by atoms with Crippen molar-refractivity contribution in [1.29, 1.82) is 0 Å². The fourth-order valence-corrected chi connectivity index (χ4v) is 2.63. The van der Waals surface area contributed by atoms with Crippen molar-refractivity contribution < 1.29 is 9.84 Å². The van der Waals surface area contributed by atoms with Gasteiger partial charge in [0.05, 0.1) is 18.9 Å². The Kier molecular flexibility index (Phi) is 3.25. The Morgan fingerprint density at radius 1 is 1.42 bits per heavy atom. The first-order chi connectivity index (χ1) is 9.26. The van der Waals surface area contributed by atoms with Gasteiger partial charge in [0.25, 0.3) is 0 Å². The molecule has 1 aromatic carbocycles. The van der Waals surface area contributed by atoms with Gasteiger partial charge < -0.3 is 14.8 Å². The molecule has 1 heterocycles. The molecule has 2 aromatic rings. The van der Waals surface area contributed by atoms with Gasteiger partial charge in [0, 0.05) is 24.1 Å². The lowest BCUT2D eigenvalue weighted by Crippen LogP contribution is -2.18. The maximum absolute atomic E-state index is 9.67. The summed E-state index contributed by atoms with van der Waals surface area (Å²) in [6.45, 7) is 0. The number of rotatable bonds is 3. The molecule has 19 heavy (non-hydrogen) atoms. The molecule has 1 aromatic heterocycles. The second kappa shape index (κ2) is 5.05. The van der Waals surface area contributed by atoms with Crippen molar-refractivity contribution >= 4 is 0 Å². The standard InChI is InChI=1S/C15H18N2O2/c1-19-14-5-3-2-4-10(14)8-15-16-12-7-6-11(18)9-13(12)17-15/h2-5,11,18H,6-9H2,1H3,(H,16,17). The number of fused-ring (bicyclic) bond motifs is 1. The average molecular weight is 258 g/mol. The molecule has 0 saturated carbocycles. The highest BCUT2D eigenvalue weighted by atomic mass is 16.5. The summed E-state index contributed by atoms with van der Waals surface area (Å²) in [6.07, 6.45) is 2.86. The van der Waals surface area contributed by atoms with Gasteiger partial charge in [-0.15, -0.1) is 0 Å². The minimum Gasteiger partial charge on any atom is -0.496 e. The average Bonchev–Trinajstić information content (AvgIpc) is 2.80. The molecule has 0 bridgehead atoms. The van der Waals surface area contributed by atoms with Crippen LogP contribution in [0.3, 0.4) is 0 Å². The number of hydrogen-bond acceptors (Lipinski definition) is 3. The largest absolute Gasteiger partial charge is 0.496 e. The van der Waals surface area contributed by atoms with E-state index in [0.29, 0.717) is 6.42 Å². The number of aromatic nitrogens is 2. The van der Waals surface area contributed by atoms with Gasteiger partial charge >= 0.3 is 0 Å². The number of imidazole rings is 1. The molecule has 0 saturated heterocycles. The van der Waals surface area contributed by atoms with Crippen LogP contribution in [0.15, 0.2) is 24.3 Å². The Labute approximate surface area is 112 Å². The minimum absolute atomic E-state index is 0.230. The molecule has 1 aliphatic carbocycles. The number of benzene rings is 1. The number of aryl methyl sites for hydroxylation is 1. The van der Waals surface area contributed by atoms with E-state index >= 15 is 0 Å². The summed E-state index contributed by atoms with van der Waals surface area (Å²) in [5.41, 5.74) is 3.32. The second-order valence-electron chi connectivity index (χ2n) is 4.99. The first kappa shape index (κ1) is 12.2. The molecule has 0 radical (unpaired) electrons. The first-order valence-electron chi connectivity index (χ1n) is 6.63. The number of ether oxygens (including phenoxy) is 1. The lowest BCUT2D eigenvalue weighted by Gasteiger charge is -2.14. The molecule has 1 atom stereocenters. The van der Waals surface area contributed by atoms with Crippen molar-refractivity contribution in [2.24, 2.45) is 0 Å². The molecule has 4 heteroatoms. The Hall–Kier alpha value is -1.81. The Balaban J connectivity index is 1.84. The van der Waals surface area contributed by atoms with Crippen LogP contribution in [0.25, 0.3) is 0 Å².